The number of ketones is 1. The van der Waals surface area contributed by atoms with Crippen molar-refractivity contribution in [3.63, 3.8) is 0 Å². The number of hydrogen-bond acceptors (Lipinski definition) is 3. The van der Waals surface area contributed by atoms with Crippen LogP contribution in [0.1, 0.15) is 28.7 Å². The van der Waals surface area contributed by atoms with Crippen LogP contribution < -0.4 is 0 Å². The summed E-state index contributed by atoms with van der Waals surface area (Å²) in [7, 11) is 0. The maximum absolute atomic E-state index is 12.1. The molecule has 0 spiro atoms. The second kappa shape index (κ2) is 5.44. The lowest BCUT2D eigenvalue weighted by molar-refractivity contribution is 0.102. The van der Waals surface area contributed by atoms with E-state index in [0.717, 1.165) is 28.7 Å². The van der Waals surface area contributed by atoms with Gasteiger partial charge in [-0.15, -0.1) is 0 Å². The average Bonchev–Trinajstić information content (AvgIpc) is 2.92. The molecule has 0 saturated heterocycles. The van der Waals surface area contributed by atoms with Crippen molar-refractivity contribution in [2.75, 3.05) is 5.75 Å². The van der Waals surface area contributed by atoms with Crippen molar-refractivity contribution in [3.8, 4) is 0 Å². The van der Waals surface area contributed by atoms with Gasteiger partial charge in [0.1, 0.15) is 0 Å². The highest BCUT2D eigenvalue weighted by atomic mass is 32.2. The summed E-state index contributed by atoms with van der Waals surface area (Å²) >= 11 is 1.49. The lowest BCUT2D eigenvalue weighted by Gasteiger charge is -2.03. The number of thioether (sulfide) groups is 1. The fourth-order valence-corrected chi connectivity index (χ4v) is 2.80. The van der Waals surface area contributed by atoms with Gasteiger partial charge in [-0.25, -0.2) is 4.98 Å². The molecule has 2 rings (SSSR count). The number of rotatable bonds is 5. The predicted molar refractivity (Wildman–Crippen MR) is 73.2 cm³/mol. The third-order valence-corrected chi connectivity index (χ3v) is 3.80. The molecule has 0 saturated carbocycles. The highest BCUT2D eigenvalue weighted by Crippen LogP contribution is 2.19. The van der Waals surface area contributed by atoms with Gasteiger partial charge in [0.2, 0.25) is 0 Å². The molecule has 1 N–H and O–H groups in total. The average molecular weight is 263 g/mol. The van der Waals surface area contributed by atoms with Gasteiger partial charge in [-0.2, -0.15) is 0 Å². The third kappa shape index (κ3) is 2.67. The standard InChI is InChI=1S/C13H17N3OS/c1-4-16-6-5-14-13(16)18-8-12(17)11-7-9(2)15-10(11)3/h5-7,15H,4,8H2,1-3H3. The van der Waals surface area contributed by atoms with E-state index < -0.39 is 0 Å². The number of carbonyl (C=O) groups excluding carboxylic acids is 1. The van der Waals surface area contributed by atoms with E-state index in [1.807, 2.05) is 30.7 Å². The van der Waals surface area contributed by atoms with Crippen molar-refractivity contribution in [2.45, 2.75) is 32.5 Å². The van der Waals surface area contributed by atoms with Gasteiger partial charge in [0.15, 0.2) is 10.9 Å². The van der Waals surface area contributed by atoms with E-state index in [1.54, 1.807) is 6.20 Å². The van der Waals surface area contributed by atoms with Crippen LogP contribution in [0.4, 0.5) is 0 Å². The summed E-state index contributed by atoms with van der Waals surface area (Å²) < 4.78 is 2.03. The number of hydrogen-bond donors (Lipinski definition) is 1. The molecule has 2 aromatic rings. The van der Waals surface area contributed by atoms with Crippen molar-refractivity contribution < 1.29 is 4.79 Å². The molecule has 2 aromatic heterocycles. The van der Waals surface area contributed by atoms with Gasteiger partial charge in [0.25, 0.3) is 0 Å². The van der Waals surface area contributed by atoms with Crippen molar-refractivity contribution in [1.29, 1.82) is 0 Å². The number of imidazole rings is 1. The highest BCUT2D eigenvalue weighted by molar-refractivity contribution is 7.99. The Bertz CT molecular complexity index is 556. The maximum Gasteiger partial charge on any atom is 0.174 e. The molecule has 0 aromatic carbocycles. The predicted octanol–water partition coefficient (Wildman–Crippen LogP) is 2.82. The Hall–Kier alpha value is -1.49. The zero-order valence-electron chi connectivity index (χ0n) is 10.9. The molecular formula is C13H17N3OS. The minimum Gasteiger partial charge on any atom is -0.362 e. The Morgan fingerprint density at radius 3 is 2.89 bits per heavy atom. The van der Waals surface area contributed by atoms with E-state index >= 15 is 0 Å². The number of Topliss-reactive ketones (excluding diaryl/α,β-unsaturated/α-hetero) is 1. The Morgan fingerprint density at radius 1 is 1.50 bits per heavy atom. The van der Waals surface area contributed by atoms with Gasteiger partial charge in [-0.3, -0.25) is 4.79 Å². The monoisotopic (exact) mass is 263 g/mol. The van der Waals surface area contributed by atoms with Crippen molar-refractivity contribution in [2.24, 2.45) is 0 Å². The SMILES string of the molecule is CCn1ccnc1SCC(=O)c1cc(C)[nH]c1C. The normalized spacial score (nSPS) is 10.8. The van der Waals surface area contributed by atoms with Gasteiger partial charge < -0.3 is 9.55 Å². The summed E-state index contributed by atoms with van der Waals surface area (Å²) in [5.41, 5.74) is 2.75. The first-order valence-electron chi connectivity index (χ1n) is 5.95. The second-order valence-electron chi connectivity index (χ2n) is 4.20. The largest absolute Gasteiger partial charge is 0.362 e. The quantitative estimate of drug-likeness (QED) is 0.666. The fraction of sp³-hybridized carbons (Fsp3) is 0.385. The molecule has 18 heavy (non-hydrogen) atoms. The van der Waals surface area contributed by atoms with E-state index in [2.05, 4.69) is 16.9 Å². The number of nitrogens with zero attached hydrogens (tertiary/aromatic N) is 2. The number of aryl methyl sites for hydroxylation is 3. The first kappa shape index (κ1) is 13.0. The van der Waals surface area contributed by atoms with Crippen LogP contribution in [0, 0.1) is 13.8 Å². The maximum atomic E-state index is 12.1. The first-order valence-corrected chi connectivity index (χ1v) is 6.93. The molecule has 0 fully saturated rings. The summed E-state index contributed by atoms with van der Waals surface area (Å²) in [6, 6.07) is 1.91. The summed E-state index contributed by atoms with van der Waals surface area (Å²) in [5, 5.41) is 0.899. The Labute approximate surface area is 111 Å². The highest BCUT2D eigenvalue weighted by Gasteiger charge is 2.13. The first-order chi connectivity index (χ1) is 8.61. The van der Waals surface area contributed by atoms with Crippen LogP contribution in [-0.4, -0.2) is 26.1 Å². The van der Waals surface area contributed by atoms with Crippen molar-refractivity contribution in [1.82, 2.24) is 14.5 Å². The van der Waals surface area contributed by atoms with Crippen LogP contribution in [0.25, 0.3) is 0 Å². The molecule has 0 aliphatic carbocycles. The molecule has 4 nitrogen and oxygen atoms in total. The summed E-state index contributed by atoms with van der Waals surface area (Å²) in [4.78, 5) is 19.5. The Balaban J connectivity index is 2.03. The summed E-state index contributed by atoms with van der Waals surface area (Å²) in [6.45, 7) is 6.82. The lowest BCUT2D eigenvalue weighted by atomic mass is 10.2. The Morgan fingerprint density at radius 2 is 2.28 bits per heavy atom. The molecule has 2 heterocycles. The van der Waals surface area contributed by atoms with E-state index in [9.17, 15) is 4.79 Å². The molecule has 0 atom stereocenters. The number of carbonyl (C=O) groups is 1. The third-order valence-electron chi connectivity index (χ3n) is 2.80. The topological polar surface area (TPSA) is 50.7 Å². The van der Waals surface area contributed by atoms with Gasteiger partial charge in [-0.1, -0.05) is 11.8 Å². The van der Waals surface area contributed by atoms with Gasteiger partial charge in [-0.05, 0) is 26.8 Å². The zero-order chi connectivity index (χ0) is 13.1. The smallest absolute Gasteiger partial charge is 0.174 e. The number of aromatic amines is 1. The van der Waals surface area contributed by atoms with Crippen LogP contribution >= 0.6 is 11.8 Å². The molecule has 0 aliphatic rings. The Kier molecular flexibility index (Phi) is 3.91. The summed E-state index contributed by atoms with van der Waals surface area (Å²) in [6.07, 6.45) is 3.69. The molecule has 0 amide bonds. The van der Waals surface area contributed by atoms with Gasteiger partial charge in [0.05, 0.1) is 5.75 Å². The lowest BCUT2D eigenvalue weighted by Crippen LogP contribution is -2.04. The summed E-state index contributed by atoms with van der Waals surface area (Å²) in [5.74, 6) is 0.572. The zero-order valence-corrected chi connectivity index (χ0v) is 11.7. The van der Waals surface area contributed by atoms with E-state index in [-0.39, 0.29) is 5.78 Å². The van der Waals surface area contributed by atoms with Crippen LogP contribution in [0.15, 0.2) is 23.6 Å². The molecule has 0 aliphatic heterocycles. The number of H-pyrrole nitrogens is 1. The van der Waals surface area contributed by atoms with Gasteiger partial charge in [0, 0.05) is 35.9 Å². The fourth-order valence-electron chi connectivity index (χ4n) is 1.90. The number of aromatic nitrogens is 3. The molecule has 0 radical (unpaired) electrons. The minimum atomic E-state index is 0.146. The second-order valence-corrected chi connectivity index (χ2v) is 5.14. The van der Waals surface area contributed by atoms with Crippen LogP contribution in [0.2, 0.25) is 0 Å². The minimum absolute atomic E-state index is 0.146. The van der Waals surface area contributed by atoms with E-state index in [0.29, 0.717) is 5.75 Å². The van der Waals surface area contributed by atoms with Gasteiger partial charge >= 0.3 is 0 Å². The van der Waals surface area contributed by atoms with E-state index in [4.69, 9.17) is 0 Å². The van der Waals surface area contributed by atoms with E-state index in [1.165, 1.54) is 11.8 Å². The molecule has 96 valence electrons. The number of nitrogens with one attached hydrogen (secondary N) is 1. The molecular weight excluding hydrogens is 246 g/mol. The van der Waals surface area contributed by atoms with Crippen LogP contribution in [0.5, 0.6) is 0 Å². The van der Waals surface area contributed by atoms with Crippen molar-refractivity contribution >= 4 is 17.5 Å². The molecule has 0 unspecified atom stereocenters. The molecule has 0 bridgehead atoms. The van der Waals surface area contributed by atoms with Crippen LogP contribution in [0.3, 0.4) is 0 Å². The van der Waals surface area contributed by atoms with Crippen LogP contribution in [-0.2, 0) is 6.54 Å². The van der Waals surface area contributed by atoms with Crippen molar-refractivity contribution in [3.05, 3.63) is 35.4 Å². The molecule has 5 heteroatoms.